The maximum atomic E-state index is 11.9. The van der Waals surface area contributed by atoms with Crippen molar-refractivity contribution in [3.63, 3.8) is 0 Å². The fraction of sp³-hybridized carbons (Fsp3) is 0.500. The summed E-state index contributed by atoms with van der Waals surface area (Å²) in [5.74, 6) is -0.427. The van der Waals surface area contributed by atoms with E-state index in [0.29, 0.717) is 17.3 Å². The largest absolute Gasteiger partial charge is 0.480 e. The number of carboxylic acid groups (broad SMARTS) is 1. The third-order valence-electron chi connectivity index (χ3n) is 3.92. The zero-order chi connectivity index (χ0) is 16.8. The van der Waals surface area contributed by atoms with Gasteiger partial charge >= 0.3 is 5.97 Å². The van der Waals surface area contributed by atoms with Crippen molar-refractivity contribution in [3.8, 4) is 0 Å². The molecule has 1 aromatic rings. The van der Waals surface area contributed by atoms with Crippen LogP contribution in [0, 0.1) is 0 Å². The van der Waals surface area contributed by atoms with Crippen molar-refractivity contribution in [3.05, 3.63) is 29.3 Å². The van der Waals surface area contributed by atoms with Gasteiger partial charge in [0.25, 0.3) is 0 Å². The molecule has 0 aliphatic heterocycles. The van der Waals surface area contributed by atoms with Gasteiger partial charge in [0.2, 0.25) is 5.91 Å². The molecule has 1 aromatic carbocycles. The molecular weight excluding hydrogens is 336 g/mol. The molecule has 126 valence electrons. The number of rotatable bonds is 8. The van der Waals surface area contributed by atoms with Crippen LogP contribution in [0.3, 0.4) is 0 Å². The number of carbonyl (C=O) groups is 2. The molecule has 0 saturated heterocycles. The van der Waals surface area contributed by atoms with E-state index in [1.165, 1.54) is 11.8 Å². The van der Waals surface area contributed by atoms with Crippen LogP contribution >= 0.6 is 23.4 Å². The maximum absolute atomic E-state index is 11.9. The van der Waals surface area contributed by atoms with E-state index in [4.69, 9.17) is 16.7 Å². The summed E-state index contributed by atoms with van der Waals surface area (Å²) in [6.07, 6.45) is 1.64. The zero-order valence-corrected chi connectivity index (χ0v) is 14.6. The molecule has 0 bridgehead atoms. The summed E-state index contributed by atoms with van der Waals surface area (Å²) in [5, 5.41) is 12.5. The number of benzene rings is 1. The van der Waals surface area contributed by atoms with Crippen molar-refractivity contribution in [2.45, 2.75) is 36.7 Å². The molecule has 1 fully saturated rings. The highest BCUT2D eigenvalue weighted by molar-refractivity contribution is 8.00. The fourth-order valence-electron chi connectivity index (χ4n) is 2.63. The van der Waals surface area contributed by atoms with Gasteiger partial charge in [0.05, 0.1) is 12.3 Å². The molecule has 7 heteroatoms. The standard InChI is InChI=1S/C16H21ClN2O3S/c1-2-19(9-16(21)22)13-7-12(8-13)18-15(20)10-23-14-5-3-11(17)4-6-14/h3-6,12-13H,2,7-10H2,1H3,(H,18,20)(H,21,22). The third kappa shape index (κ3) is 5.71. The maximum Gasteiger partial charge on any atom is 0.317 e. The van der Waals surface area contributed by atoms with Crippen LogP contribution in [0.1, 0.15) is 19.8 Å². The van der Waals surface area contributed by atoms with E-state index in [9.17, 15) is 9.59 Å². The van der Waals surface area contributed by atoms with Crippen molar-refractivity contribution in [1.82, 2.24) is 10.2 Å². The van der Waals surface area contributed by atoms with Crippen LogP contribution < -0.4 is 5.32 Å². The quantitative estimate of drug-likeness (QED) is 0.700. The summed E-state index contributed by atoms with van der Waals surface area (Å²) < 4.78 is 0. The fourth-order valence-corrected chi connectivity index (χ4v) is 3.46. The summed E-state index contributed by atoms with van der Waals surface area (Å²) >= 11 is 7.30. The van der Waals surface area contributed by atoms with Gasteiger partial charge in [-0.3, -0.25) is 14.5 Å². The monoisotopic (exact) mass is 356 g/mol. The minimum absolute atomic E-state index is 0.00897. The van der Waals surface area contributed by atoms with E-state index in [2.05, 4.69) is 5.32 Å². The lowest BCUT2D eigenvalue weighted by Gasteiger charge is -2.42. The number of carbonyl (C=O) groups excluding carboxylic acids is 1. The first-order valence-corrected chi connectivity index (χ1v) is 8.98. The average Bonchev–Trinajstić information content (AvgIpc) is 2.47. The number of amides is 1. The highest BCUT2D eigenvalue weighted by Crippen LogP contribution is 2.26. The first-order chi connectivity index (χ1) is 11.0. The number of nitrogens with one attached hydrogen (secondary N) is 1. The Morgan fingerprint density at radius 2 is 2.00 bits per heavy atom. The topological polar surface area (TPSA) is 69.6 Å². The minimum atomic E-state index is -0.807. The molecule has 23 heavy (non-hydrogen) atoms. The van der Waals surface area contributed by atoms with Gasteiger partial charge in [-0.1, -0.05) is 18.5 Å². The Morgan fingerprint density at radius 3 is 2.57 bits per heavy atom. The molecule has 0 atom stereocenters. The molecule has 1 saturated carbocycles. The van der Waals surface area contributed by atoms with E-state index < -0.39 is 5.97 Å². The molecule has 5 nitrogen and oxygen atoms in total. The average molecular weight is 357 g/mol. The molecule has 0 radical (unpaired) electrons. The van der Waals surface area contributed by atoms with E-state index in [1.807, 2.05) is 24.0 Å². The molecule has 2 rings (SSSR count). The Hall–Kier alpha value is -1.24. The van der Waals surface area contributed by atoms with Crippen LogP contribution in [0.15, 0.2) is 29.2 Å². The van der Waals surface area contributed by atoms with Crippen LogP contribution in [0.25, 0.3) is 0 Å². The van der Waals surface area contributed by atoms with E-state index in [-0.39, 0.29) is 24.5 Å². The number of thioether (sulfide) groups is 1. The number of carboxylic acids is 1. The van der Waals surface area contributed by atoms with E-state index in [1.54, 1.807) is 12.1 Å². The molecule has 0 unspecified atom stereocenters. The molecule has 0 heterocycles. The summed E-state index contributed by atoms with van der Waals surface area (Å²) in [4.78, 5) is 25.7. The minimum Gasteiger partial charge on any atom is -0.480 e. The highest BCUT2D eigenvalue weighted by Gasteiger charge is 2.34. The molecule has 2 N–H and O–H groups in total. The molecule has 1 aliphatic rings. The van der Waals surface area contributed by atoms with Crippen molar-refractivity contribution in [2.75, 3.05) is 18.8 Å². The molecular formula is C16H21ClN2O3S. The van der Waals surface area contributed by atoms with Gasteiger partial charge in [0.1, 0.15) is 0 Å². The summed E-state index contributed by atoms with van der Waals surface area (Å²) in [6.45, 7) is 2.73. The zero-order valence-electron chi connectivity index (χ0n) is 13.0. The first-order valence-electron chi connectivity index (χ1n) is 7.61. The van der Waals surface area contributed by atoms with Crippen LogP contribution in [0.2, 0.25) is 5.02 Å². The van der Waals surface area contributed by atoms with Crippen LogP contribution in [0.4, 0.5) is 0 Å². The number of hydrogen-bond acceptors (Lipinski definition) is 4. The Kier molecular flexibility index (Phi) is 6.74. The molecule has 1 amide bonds. The predicted octanol–water partition coefficient (Wildman–Crippen LogP) is 2.49. The van der Waals surface area contributed by atoms with E-state index in [0.717, 1.165) is 17.7 Å². The van der Waals surface area contributed by atoms with Gasteiger partial charge in [0, 0.05) is 22.0 Å². The van der Waals surface area contributed by atoms with Gasteiger partial charge < -0.3 is 10.4 Å². The number of aliphatic carboxylic acids is 1. The molecule has 1 aliphatic carbocycles. The van der Waals surface area contributed by atoms with Gasteiger partial charge in [-0.25, -0.2) is 0 Å². The van der Waals surface area contributed by atoms with Gasteiger partial charge in [-0.05, 0) is 43.7 Å². The number of likely N-dealkylation sites (N-methyl/N-ethyl adjacent to an activating group) is 1. The Labute approximate surface area is 145 Å². The number of halogens is 1. The Balaban J connectivity index is 1.67. The summed E-state index contributed by atoms with van der Waals surface area (Å²) in [6, 6.07) is 7.81. The smallest absolute Gasteiger partial charge is 0.317 e. The predicted molar refractivity (Wildman–Crippen MR) is 92.0 cm³/mol. The van der Waals surface area contributed by atoms with Crippen molar-refractivity contribution < 1.29 is 14.7 Å². The van der Waals surface area contributed by atoms with Crippen molar-refractivity contribution >= 4 is 35.2 Å². The third-order valence-corrected chi connectivity index (χ3v) is 5.19. The lowest BCUT2D eigenvalue weighted by atomic mass is 9.85. The first kappa shape index (κ1) is 18.1. The van der Waals surface area contributed by atoms with Crippen LogP contribution in [-0.2, 0) is 9.59 Å². The highest BCUT2D eigenvalue weighted by atomic mass is 35.5. The normalized spacial score (nSPS) is 20.1. The van der Waals surface area contributed by atoms with Crippen LogP contribution in [-0.4, -0.2) is 52.8 Å². The number of hydrogen-bond donors (Lipinski definition) is 2. The second-order valence-electron chi connectivity index (χ2n) is 5.59. The Morgan fingerprint density at radius 1 is 1.35 bits per heavy atom. The number of nitrogens with zero attached hydrogens (tertiary/aromatic N) is 1. The SMILES string of the molecule is CCN(CC(=O)O)C1CC(NC(=O)CSc2ccc(Cl)cc2)C1. The van der Waals surface area contributed by atoms with E-state index >= 15 is 0 Å². The van der Waals surface area contributed by atoms with Gasteiger partial charge in [-0.15, -0.1) is 11.8 Å². The summed E-state index contributed by atoms with van der Waals surface area (Å²) in [5.41, 5.74) is 0. The van der Waals surface area contributed by atoms with Crippen molar-refractivity contribution in [1.29, 1.82) is 0 Å². The lowest BCUT2D eigenvalue weighted by molar-refractivity contribution is -0.139. The van der Waals surface area contributed by atoms with Gasteiger partial charge in [0.15, 0.2) is 0 Å². The summed E-state index contributed by atoms with van der Waals surface area (Å²) in [7, 11) is 0. The second-order valence-corrected chi connectivity index (χ2v) is 7.07. The van der Waals surface area contributed by atoms with Gasteiger partial charge in [-0.2, -0.15) is 0 Å². The van der Waals surface area contributed by atoms with Crippen LogP contribution in [0.5, 0.6) is 0 Å². The Bertz CT molecular complexity index is 547. The second kappa shape index (κ2) is 8.57. The molecule has 0 spiro atoms. The molecule has 0 aromatic heterocycles. The van der Waals surface area contributed by atoms with Crippen molar-refractivity contribution in [2.24, 2.45) is 0 Å². The lowest BCUT2D eigenvalue weighted by Crippen LogP contribution is -2.55.